The Bertz CT molecular complexity index is 1050. The standard InChI is InChI=1S/C18H15N3O3S/c1-2-23-11-7-8-13-16(9-11)25-18(19-13)20-17(22)10-14-12-5-3-4-6-15(12)24-21-14/h3-9H,2,10H2,1H3,(H,19,20,22). The van der Waals surface area contributed by atoms with Crippen LogP contribution < -0.4 is 10.1 Å². The molecule has 2 aromatic heterocycles. The van der Waals surface area contributed by atoms with Crippen molar-refractivity contribution in [2.45, 2.75) is 13.3 Å². The topological polar surface area (TPSA) is 77.2 Å². The summed E-state index contributed by atoms with van der Waals surface area (Å²) in [5, 5.41) is 8.22. The van der Waals surface area contributed by atoms with Crippen LogP contribution in [0.2, 0.25) is 0 Å². The van der Waals surface area contributed by atoms with E-state index in [9.17, 15) is 4.79 Å². The van der Waals surface area contributed by atoms with Gasteiger partial charge in [-0.05, 0) is 37.3 Å². The molecule has 2 aromatic carbocycles. The minimum Gasteiger partial charge on any atom is -0.494 e. The zero-order valence-electron chi connectivity index (χ0n) is 13.5. The first-order valence-electron chi connectivity index (χ1n) is 7.89. The Morgan fingerprint density at radius 1 is 1.28 bits per heavy atom. The summed E-state index contributed by atoms with van der Waals surface area (Å²) in [5.74, 6) is 0.619. The van der Waals surface area contributed by atoms with Crippen molar-refractivity contribution in [3.8, 4) is 5.75 Å². The van der Waals surface area contributed by atoms with Crippen LogP contribution in [0.5, 0.6) is 5.75 Å². The number of thiazole rings is 1. The molecule has 0 fully saturated rings. The second kappa shape index (κ2) is 6.52. The summed E-state index contributed by atoms with van der Waals surface area (Å²) >= 11 is 1.41. The summed E-state index contributed by atoms with van der Waals surface area (Å²) in [6.07, 6.45) is 0.136. The van der Waals surface area contributed by atoms with Gasteiger partial charge < -0.3 is 14.6 Å². The number of hydrogen-bond acceptors (Lipinski definition) is 6. The first kappa shape index (κ1) is 15.6. The number of fused-ring (bicyclic) bond motifs is 2. The summed E-state index contributed by atoms with van der Waals surface area (Å²) < 4.78 is 11.7. The van der Waals surface area contributed by atoms with Crippen LogP contribution in [0.15, 0.2) is 47.0 Å². The molecule has 0 atom stereocenters. The summed E-state index contributed by atoms with van der Waals surface area (Å²) in [6.45, 7) is 2.55. The molecule has 0 saturated heterocycles. The average Bonchev–Trinajstić information content (AvgIpc) is 3.18. The Balaban J connectivity index is 1.51. The molecule has 0 radical (unpaired) electrons. The number of ether oxygens (including phenoxy) is 1. The Hall–Kier alpha value is -2.93. The van der Waals surface area contributed by atoms with E-state index in [1.54, 1.807) is 0 Å². The van der Waals surface area contributed by atoms with E-state index in [0.717, 1.165) is 21.4 Å². The van der Waals surface area contributed by atoms with E-state index >= 15 is 0 Å². The maximum Gasteiger partial charge on any atom is 0.232 e. The molecule has 4 rings (SSSR count). The highest BCUT2D eigenvalue weighted by Crippen LogP contribution is 2.29. The smallest absolute Gasteiger partial charge is 0.232 e. The van der Waals surface area contributed by atoms with E-state index in [4.69, 9.17) is 9.26 Å². The third kappa shape index (κ3) is 3.18. The average molecular weight is 353 g/mol. The number of nitrogens with one attached hydrogen (secondary N) is 1. The van der Waals surface area contributed by atoms with Crippen LogP contribution >= 0.6 is 11.3 Å². The zero-order chi connectivity index (χ0) is 17.2. The highest BCUT2D eigenvalue weighted by Gasteiger charge is 2.14. The molecule has 0 bridgehead atoms. The third-order valence-corrected chi connectivity index (χ3v) is 4.63. The molecule has 0 unspecified atom stereocenters. The van der Waals surface area contributed by atoms with Crippen LogP contribution in [-0.4, -0.2) is 22.7 Å². The molecule has 6 nitrogen and oxygen atoms in total. The van der Waals surface area contributed by atoms with E-state index in [2.05, 4.69) is 15.5 Å². The van der Waals surface area contributed by atoms with Crippen LogP contribution in [0.1, 0.15) is 12.6 Å². The molecule has 0 aliphatic rings. The van der Waals surface area contributed by atoms with E-state index < -0.39 is 0 Å². The number of nitrogens with zero attached hydrogens (tertiary/aromatic N) is 2. The number of para-hydroxylation sites is 1. The van der Waals surface area contributed by atoms with E-state index in [0.29, 0.717) is 23.0 Å². The van der Waals surface area contributed by atoms with Gasteiger partial charge in [0, 0.05) is 5.39 Å². The van der Waals surface area contributed by atoms with Crippen molar-refractivity contribution in [2.24, 2.45) is 0 Å². The molecule has 25 heavy (non-hydrogen) atoms. The van der Waals surface area contributed by atoms with E-state index in [1.165, 1.54) is 11.3 Å². The minimum absolute atomic E-state index is 0.136. The Labute approximate surface area is 147 Å². The number of anilines is 1. The van der Waals surface area contributed by atoms with E-state index in [-0.39, 0.29) is 12.3 Å². The van der Waals surface area contributed by atoms with Gasteiger partial charge in [0.1, 0.15) is 11.4 Å². The van der Waals surface area contributed by atoms with Crippen LogP contribution in [0.3, 0.4) is 0 Å². The second-order valence-electron chi connectivity index (χ2n) is 5.43. The SMILES string of the molecule is CCOc1ccc2nc(NC(=O)Cc3noc4ccccc34)sc2c1. The lowest BCUT2D eigenvalue weighted by Crippen LogP contribution is -2.14. The summed E-state index contributed by atoms with van der Waals surface area (Å²) in [6, 6.07) is 13.2. The van der Waals surface area contributed by atoms with Crippen molar-refractivity contribution in [3.05, 3.63) is 48.2 Å². The molecular formula is C18H15N3O3S. The molecule has 2 heterocycles. The Morgan fingerprint density at radius 2 is 2.16 bits per heavy atom. The van der Waals surface area contributed by atoms with Gasteiger partial charge in [0.2, 0.25) is 5.91 Å². The maximum atomic E-state index is 12.3. The van der Waals surface area contributed by atoms with Gasteiger partial charge in [-0.15, -0.1) is 0 Å². The van der Waals surface area contributed by atoms with Crippen molar-refractivity contribution in [1.29, 1.82) is 0 Å². The second-order valence-corrected chi connectivity index (χ2v) is 6.46. The van der Waals surface area contributed by atoms with Crippen molar-refractivity contribution in [2.75, 3.05) is 11.9 Å². The summed E-state index contributed by atoms with van der Waals surface area (Å²) in [4.78, 5) is 16.8. The van der Waals surface area contributed by atoms with Gasteiger partial charge in [0.05, 0.1) is 23.2 Å². The van der Waals surface area contributed by atoms with Gasteiger partial charge in [0.15, 0.2) is 10.7 Å². The van der Waals surface area contributed by atoms with Crippen molar-refractivity contribution in [1.82, 2.24) is 10.1 Å². The van der Waals surface area contributed by atoms with Gasteiger partial charge in [0.25, 0.3) is 0 Å². The van der Waals surface area contributed by atoms with Crippen molar-refractivity contribution < 1.29 is 14.1 Å². The molecule has 0 aliphatic carbocycles. The van der Waals surface area contributed by atoms with Crippen molar-refractivity contribution in [3.63, 3.8) is 0 Å². The number of benzene rings is 2. The number of hydrogen-bond donors (Lipinski definition) is 1. The predicted octanol–water partition coefficient (Wildman–Crippen LogP) is 4.02. The quantitative estimate of drug-likeness (QED) is 0.586. The van der Waals surface area contributed by atoms with Crippen LogP contribution in [0, 0.1) is 0 Å². The first-order valence-corrected chi connectivity index (χ1v) is 8.71. The number of carbonyl (C=O) groups excluding carboxylic acids is 1. The first-order chi connectivity index (χ1) is 12.2. The number of rotatable bonds is 5. The molecular weight excluding hydrogens is 338 g/mol. The van der Waals surface area contributed by atoms with Gasteiger partial charge >= 0.3 is 0 Å². The van der Waals surface area contributed by atoms with Gasteiger partial charge in [-0.1, -0.05) is 28.6 Å². The lowest BCUT2D eigenvalue weighted by Gasteiger charge is -2.00. The molecule has 4 aromatic rings. The van der Waals surface area contributed by atoms with Crippen LogP contribution in [0.25, 0.3) is 21.2 Å². The van der Waals surface area contributed by atoms with Gasteiger partial charge in [-0.25, -0.2) is 4.98 Å². The number of aromatic nitrogens is 2. The lowest BCUT2D eigenvalue weighted by molar-refractivity contribution is -0.115. The fourth-order valence-electron chi connectivity index (χ4n) is 2.60. The number of amides is 1. The Morgan fingerprint density at radius 3 is 3.04 bits per heavy atom. The van der Waals surface area contributed by atoms with Crippen molar-refractivity contribution >= 4 is 43.6 Å². The minimum atomic E-state index is -0.178. The van der Waals surface area contributed by atoms with Crippen LogP contribution in [0.4, 0.5) is 5.13 Å². The monoisotopic (exact) mass is 353 g/mol. The fourth-order valence-corrected chi connectivity index (χ4v) is 3.51. The molecule has 0 aliphatic heterocycles. The summed E-state index contributed by atoms with van der Waals surface area (Å²) in [7, 11) is 0. The van der Waals surface area contributed by atoms with E-state index in [1.807, 2.05) is 49.4 Å². The molecule has 1 amide bonds. The number of carbonyl (C=O) groups is 1. The highest BCUT2D eigenvalue weighted by molar-refractivity contribution is 7.22. The lowest BCUT2D eigenvalue weighted by atomic mass is 10.2. The normalized spacial score (nSPS) is 11.1. The molecule has 0 spiro atoms. The molecule has 7 heteroatoms. The third-order valence-electron chi connectivity index (χ3n) is 3.70. The highest BCUT2D eigenvalue weighted by atomic mass is 32.1. The Kier molecular flexibility index (Phi) is 4.07. The molecule has 0 saturated carbocycles. The maximum absolute atomic E-state index is 12.3. The fraction of sp³-hybridized carbons (Fsp3) is 0.167. The van der Waals surface area contributed by atoms with Crippen LogP contribution in [-0.2, 0) is 11.2 Å². The zero-order valence-corrected chi connectivity index (χ0v) is 14.3. The van der Waals surface area contributed by atoms with Gasteiger partial charge in [-0.3, -0.25) is 4.79 Å². The largest absolute Gasteiger partial charge is 0.494 e. The predicted molar refractivity (Wildman–Crippen MR) is 97.1 cm³/mol. The summed E-state index contributed by atoms with van der Waals surface area (Å²) in [5.41, 5.74) is 2.12. The molecule has 126 valence electrons. The van der Waals surface area contributed by atoms with Gasteiger partial charge in [-0.2, -0.15) is 0 Å². The molecule has 1 N–H and O–H groups in total.